The summed E-state index contributed by atoms with van der Waals surface area (Å²) >= 11 is 0. The minimum absolute atomic E-state index is 0.0743. The van der Waals surface area contributed by atoms with E-state index in [9.17, 15) is 9.59 Å². The Balaban J connectivity index is 2.00. The highest BCUT2D eigenvalue weighted by molar-refractivity contribution is 5.96. The van der Waals surface area contributed by atoms with Crippen molar-refractivity contribution in [1.82, 2.24) is 0 Å². The van der Waals surface area contributed by atoms with E-state index < -0.39 is 6.10 Å². The molecule has 0 fully saturated rings. The third-order valence-corrected chi connectivity index (χ3v) is 3.50. The monoisotopic (exact) mass is 326 g/mol. The lowest BCUT2D eigenvalue weighted by atomic mass is 10.2. The maximum atomic E-state index is 12.3. The van der Waals surface area contributed by atoms with Crippen LogP contribution in [0.5, 0.6) is 5.75 Å². The molecule has 5 heteroatoms. The van der Waals surface area contributed by atoms with Crippen LogP contribution in [0.15, 0.2) is 48.5 Å². The van der Waals surface area contributed by atoms with Crippen LogP contribution in [0, 0.1) is 6.92 Å². The third-order valence-electron chi connectivity index (χ3n) is 3.50. The molecule has 24 heavy (non-hydrogen) atoms. The minimum atomic E-state index is -0.639. The van der Waals surface area contributed by atoms with E-state index in [1.54, 1.807) is 38.1 Å². The maximum Gasteiger partial charge on any atom is 0.265 e. The molecular formula is C19H22N2O3. The highest BCUT2D eigenvalue weighted by Crippen LogP contribution is 2.19. The number of benzene rings is 2. The number of nitrogens with one attached hydrogen (secondary N) is 2. The Morgan fingerprint density at radius 1 is 1.04 bits per heavy atom. The molecule has 0 aromatic heterocycles. The molecular weight excluding hydrogens is 304 g/mol. The molecule has 0 saturated carbocycles. The average molecular weight is 326 g/mol. The standard InChI is InChI=1S/C19H22N2O3/c1-4-18(22)20-15-9-7-10-16(12-15)21-19(23)14(3)24-17-11-6-5-8-13(17)2/h5-12,14H,4H2,1-3H3,(H,20,22)(H,21,23). The van der Waals surface area contributed by atoms with Crippen molar-refractivity contribution in [3.05, 3.63) is 54.1 Å². The molecule has 2 amide bonds. The Morgan fingerprint density at radius 3 is 2.38 bits per heavy atom. The summed E-state index contributed by atoms with van der Waals surface area (Å²) in [6.07, 6.45) is -0.238. The number of aryl methyl sites for hydroxylation is 1. The molecule has 0 aliphatic carbocycles. The third kappa shape index (κ3) is 4.84. The Bertz CT molecular complexity index is 728. The van der Waals surface area contributed by atoms with Gasteiger partial charge in [0.25, 0.3) is 5.91 Å². The molecule has 2 aromatic rings. The van der Waals surface area contributed by atoms with E-state index in [1.807, 2.05) is 31.2 Å². The number of amides is 2. The first kappa shape index (κ1) is 17.5. The molecule has 126 valence electrons. The Labute approximate surface area is 142 Å². The van der Waals surface area contributed by atoms with Crippen molar-refractivity contribution in [2.75, 3.05) is 10.6 Å². The number of ether oxygens (including phenoxy) is 1. The summed E-state index contributed by atoms with van der Waals surface area (Å²) in [5, 5.41) is 5.56. The molecule has 0 radical (unpaired) electrons. The summed E-state index contributed by atoms with van der Waals surface area (Å²) < 4.78 is 5.71. The number of rotatable bonds is 6. The van der Waals surface area contributed by atoms with Crippen LogP contribution in [0.25, 0.3) is 0 Å². The molecule has 0 heterocycles. The number of carbonyl (C=O) groups excluding carboxylic acids is 2. The predicted octanol–water partition coefficient (Wildman–Crippen LogP) is 3.75. The fourth-order valence-electron chi connectivity index (χ4n) is 2.10. The van der Waals surface area contributed by atoms with Crippen molar-refractivity contribution in [2.45, 2.75) is 33.3 Å². The SMILES string of the molecule is CCC(=O)Nc1cccc(NC(=O)C(C)Oc2ccccc2C)c1. The van der Waals surface area contributed by atoms with Crippen LogP contribution in [0.4, 0.5) is 11.4 Å². The lowest BCUT2D eigenvalue weighted by molar-refractivity contribution is -0.122. The number of hydrogen-bond acceptors (Lipinski definition) is 3. The molecule has 2 aromatic carbocycles. The lowest BCUT2D eigenvalue weighted by Gasteiger charge is -2.16. The van der Waals surface area contributed by atoms with Crippen molar-refractivity contribution < 1.29 is 14.3 Å². The topological polar surface area (TPSA) is 67.4 Å². The fraction of sp³-hybridized carbons (Fsp3) is 0.263. The Hall–Kier alpha value is -2.82. The zero-order valence-electron chi connectivity index (χ0n) is 14.1. The van der Waals surface area contributed by atoms with Gasteiger partial charge < -0.3 is 15.4 Å². The second-order valence-corrected chi connectivity index (χ2v) is 5.50. The predicted molar refractivity (Wildman–Crippen MR) is 95.3 cm³/mol. The number of hydrogen-bond donors (Lipinski definition) is 2. The zero-order chi connectivity index (χ0) is 17.5. The minimum Gasteiger partial charge on any atom is -0.481 e. The Morgan fingerprint density at radius 2 is 1.71 bits per heavy atom. The quantitative estimate of drug-likeness (QED) is 0.849. The molecule has 2 N–H and O–H groups in total. The van der Waals surface area contributed by atoms with Gasteiger partial charge in [-0.25, -0.2) is 0 Å². The van der Waals surface area contributed by atoms with Crippen LogP contribution in [0.2, 0.25) is 0 Å². The maximum absolute atomic E-state index is 12.3. The van der Waals surface area contributed by atoms with Crippen molar-refractivity contribution in [3.8, 4) is 5.75 Å². The smallest absolute Gasteiger partial charge is 0.265 e. The first-order valence-electron chi connectivity index (χ1n) is 7.92. The van der Waals surface area contributed by atoms with Gasteiger partial charge in [0, 0.05) is 17.8 Å². The van der Waals surface area contributed by atoms with Gasteiger partial charge in [-0.3, -0.25) is 9.59 Å². The van der Waals surface area contributed by atoms with E-state index in [2.05, 4.69) is 10.6 Å². The van der Waals surface area contributed by atoms with E-state index in [4.69, 9.17) is 4.74 Å². The van der Waals surface area contributed by atoms with E-state index in [-0.39, 0.29) is 11.8 Å². The van der Waals surface area contributed by atoms with Crippen molar-refractivity contribution >= 4 is 23.2 Å². The molecule has 0 bridgehead atoms. The van der Waals surface area contributed by atoms with Crippen molar-refractivity contribution in [3.63, 3.8) is 0 Å². The molecule has 1 unspecified atom stereocenters. The summed E-state index contributed by atoms with van der Waals surface area (Å²) in [6.45, 7) is 5.41. The molecule has 0 aliphatic rings. The van der Waals surface area contributed by atoms with Crippen molar-refractivity contribution in [1.29, 1.82) is 0 Å². The van der Waals surface area contributed by atoms with Gasteiger partial charge >= 0.3 is 0 Å². The summed E-state index contributed by atoms with van der Waals surface area (Å²) in [5.41, 5.74) is 2.22. The van der Waals surface area contributed by atoms with Gasteiger partial charge in [0.05, 0.1) is 0 Å². The zero-order valence-corrected chi connectivity index (χ0v) is 14.1. The van der Waals surface area contributed by atoms with Crippen LogP contribution in [-0.4, -0.2) is 17.9 Å². The second kappa shape index (κ2) is 8.15. The van der Waals surface area contributed by atoms with E-state index in [0.29, 0.717) is 23.5 Å². The van der Waals surface area contributed by atoms with Gasteiger partial charge in [-0.2, -0.15) is 0 Å². The first-order valence-corrected chi connectivity index (χ1v) is 7.92. The van der Waals surface area contributed by atoms with E-state index in [1.165, 1.54) is 0 Å². The molecule has 1 atom stereocenters. The van der Waals surface area contributed by atoms with Gasteiger partial charge in [0.2, 0.25) is 5.91 Å². The van der Waals surface area contributed by atoms with Gasteiger partial charge in [-0.15, -0.1) is 0 Å². The lowest BCUT2D eigenvalue weighted by Crippen LogP contribution is -2.30. The average Bonchev–Trinajstić information content (AvgIpc) is 2.57. The Kier molecular flexibility index (Phi) is 5.95. The van der Waals surface area contributed by atoms with Crippen LogP contribution in [-0.2, 0) is 9.59 Å². The van der Waals surface area contributed by atoms with Crippen LogP contribution in [0.3, 0.4) is 0 Å². The van der Waals surface area contributed by atoms with Gasteiger partial charge in [0.15, 0.2) is 6.10 Å². The summed E-state index contributed by atoms with van der Waals surface area (Å²) in [4.78, 5) is 23.7. The van der Waals surface area contributed by atoms with Crippen LogP contribution < -0.4 is 15.4 Å². The highest BCUT2D eigenvalue weighted by atomic mass is 16.5. The molecule has 2 rings (SSSR count). The largest absolute Gasteiger partial charge is 0.481 e. The fourth-order valence-corrected chi connectivity index (χ4v) is 2.10. The molecule has 0 saturated heterocycles. The normalized spacial score (nSPS) is 11.5. The number of para-hydroxylation sites is 1. The van der Waals surface area contributed by atoms with Gasteiger partial charge in [0.1, 0.15) is 5.75 Å². The van der Waals surface area contributed by atoms with Gasteiger partial charge in [-0.05, 0) is 43.7 Å². The van der Waals surface area contributed by atoms with E-state index in [0.717, 1.165) is 5.56 Å². The highest BCUT2D eigenvalue weighted by Gasteiger charge is 2.16. The number of anilines is 2. The number of carbonyl (C=O) groups is 2. The van der Waals surface area contributed by atoms with E-state index >= 15 is 0 Å². The van der Waals surface area contributed by atoms with Crippen LogP contribution in [0.1, 0.15) is 25.8 Å². The first-order chi connectivity index (χ1) is 11.5. The van der Waals surface area contributed by atoms with Gasteiger partial charge in [-0.1, -0.05) is 31.2 Å². The summed E-state index contributed by atoms with van der Waals surface area (Å²) in [7, 11) is 0. The molecule has 0 spiro atoms. The van der Waals surface area contributed by atoms with Crippen molar-refractivity contribution in [2.24, 2.45) is 0 Å². The molecule has 5 nitrogen and oxygen atoms in total. The second-order valence-electron chi connectivity index (χ2n) is 5.50. The summed E-state index contributed by atoms with van der Waals surface area (Å²) in [5.74, 6) is 0.357. The van der Waals surface area contributed by atoms with Crippen LogP contribution >= 0.6 is 0 Å². The summed E-state index contributed by atoms with van der Waals surface area (Å²) in [6, 6.07) is 14.6. The molecule has 0 aliphatic heterocycles.